The van der Waals surface area contributed by atoms with Crippen LogP contribution in [-0.4, -0.2) is 10.4 Å². The second-order valence-electron chi connectivity index (χ2n) is 2.22. The number of alkyl halides is 1. The molecule has 0 saturated carbocycles. The van der Waals surface area contributed by atoms with Crippen molar-refractivity contribution in [2.45, 2.75) is 6.10 Å². The molecule has 0 aliphatic carbocycles. The molecule has 1 nitrogen and oxygen atoms in total. The van der Waals surface area contributed by atoms with E-state index in [2.05, 4.69) is 15.9 Å². The van der Waals surface area contributed by atoms with Crippen molar-refractivity contribution in [3.63, 3.8) is 0 Å². The molecule has 0 heterocycles. The lowest BCUT2D eigenvalue weighted by atomic mass is 10.1. The van der Waals surface area contributed by atoms with Gasteiger partial charge in [-0.3, -0.25) is 0 Å². The average Bonchev–Trinajstić information content (AvgIpc) is 2.05. The lowest BCUT2D eigenvalue weighted by molar-refractivity contribution is 0.205. The van der Waals surface area contributed by atoms with Crippen LogP contribution in [0.4, 0.5) is 4.39 Å². The Bertz CT molecular complexity index is 222. The lowest BCUT2D eigenvalue weighted by Gasteiger charge is -2.05. The average molecular weight is 219 g/mol. The number of hydrogen-bond acceptors (Lipinski definition) is 1. The minimum Gasteiger partial charge on any atom is -0.388 e. The van der Waals surface area contributed by atoms with E-state index in [0.717, 1.165) is 5.56 Å². The van der Waals surface area contributed by atoms with Crippen LogP contribution >= 0.6 is 15.9 Å². The van der Waals surface area contributed by atoms with Crippen LogP contribution in [0.1, 0.15) is 11.7 Å². The highest BCUT2D eigenvalue weighted by Gasteiger charge is 2.03. The van der Waals surface area contributed by atoms with E-state index >= 15 is 0 Å². The molecule has 1 unspecified atom stereocenters. The van der Waals surface area contributed by atoms with Crippen molar-refractivity contribution in [2.75, 3.05) is 5.33 Å². The normalized spacial score (nSPS) is 13.0. The zero-order valence-electron chi connectivity index (χ0n) is 5.80. The van der Waals surface area contributed by atoms with Gasteiger partial charge < -0.3 is 5.11 Å². The van der Waals surface area contributed by atoms with Gasteiger partial charge in [0.25, 0.3) is 0 Å². The van der Waals surface area contributed by atoms with Gasteiger partial charge in [0.2, 0.25) is 0 Å². The summed E-state index contributed by atoms with van der Waals surface area (Å²) in [6.45, 7) is 0. The molecule has 1 aromatic carbocycles. The fourth-order valence-electron chi connectivity index (χ4n) is 0.774. The second kappa shape index (κ2) is 3.83. The highest BCUT2D eigenvalue weighted by atomic mass is 79.9. The van der Waals surface area contributed by atoms with Crippen molar-refractivity contribution in [1.82, 2.24) is 0 Å². The maximum absolute atomic E-state index is 12.4. The van der Waals surface area contributed by atoms with E-state index in [1.807, 2.05) is 0 Å². The van der Waals surface area contributed by atoms with Gasteiger partial charge in [-0.15, -0.1) is 0 Å². The Hall–Kier alpha value is -0.410. The summed E-state index contributed by atoms with van der Waals surface area (Å²) in [6, 6.07) is 5.81. The van der Waals surface area contributed by atoms with Crippen LogP contribution in [0.15, 0.2) is 24.3 Å². The Kier molecular flexibility index (Phi) is 3.02. The van der Waals surface area contributed by atoms with E-state index in [1.165, 1.54) is 12.1 Å². The Labute approximate surface area is 73.0 Å². The fraction of sp³-hybridized carbons (Fsp3) is 0.250. The summed E-state index contributed by atoms with van der Waals surface area (Å²) in [5.41, 5.74) is 0.725. The highest BCUT2D eigenvalue weighted by molar-refractivity contribution is 9.09. The summed E-state index contributed by atoms with van der Waals surface area (Å²) >= 11 is 3.13. The molecule has 0 amide bonds. The molecular formula is C8H8BrFO. The molecule has 0 fully saturated rings. The third-order valence-corrected chi connectivity index (χ3v) is 2.01. The first-order chi connectivity index (χ1) is 5.24. The van der Waals surface area contributed by atoms with Gasteiger partial charge in [-0.1, -0.05) is 28.1 Å². The van der Waals surface area contributed by atoms with Crippen molar-refractivity contribution in [3.8, 4) is 0 Å². The quantitative estimate of drug-likeness (QED) is 0.756. The molecule has 0 aliphatic rings. The molecule has 0 aliphatic heterocycles. The van der Waals surface area contributed by atoms with Crippen LogP contribution in [0.3, 0.4) is 0 Å². The van der Waals surface area contributed by atoms with Gasteiger partial charge in [0, 0.05) is 5.33 Å². The molecule has 3 heteroatoms. The van der Waals surface area contributed by atoms with Crippen LogP contribution in [0.5, 0.6) is 0 Å². The maximum atomic E-state index is 12.4. The fourth-order valence-corrected chi connectivity index (χ4v) is 1.15. The molecule has 0 radical (unpaired) electrons. The van der Waals surface area contributed by atoms with Gasteiger partial charge in [-0.05, 0) is 17.7 Å². The first-order valence-electron chi connectivity index (χ1n) is 3.23. The lowest BCUT2D eigenvalue weighted by Crippen LogP contribution is -1.97. The summed E-state index contributed by atoms with van der Waals surface area (Å²) < 4.78 is 12.4. The third-order valence-electron chi connectivity index (χ3n) is 1.40. The molecule has 1 aromatic rings. The molecule has 1 atom stereocenters. The van der Waals surface area contributed by atoms with Crippen molar-refractivity contribution >= 4 is 15.9 Å². The molecule has 60 valence electrons. The smallest absolute Gasteiger partial charge is 0.123 e. The zero-order valence-corrected chi connectivity index (χ0v) is 7.38. The van der Waals surface area contributed by atoms with Gasteiger partial charge in [0.15, 0.2) is 0 Å². The summed E-state index contributed by atoms with van der Waals surface area (Å²) in [5, 5.41) is 9.72. The second-order valence-corrected chi connectivity index (χ2v) is 2.87. The van der Waals surface area contributed by atoms with Crippen molar-refractivity contribution in [1.29, 1.82) is 0 Å². The van der Waals surface area contributed by atoms with Crippen molar-refractivity contribution in [2.24, 2.45) is 0 Å². The summed E-state index contributed by atoms with van der Waals surface area (Å²) in [5.74, 6) is -0.282. The van der Waals surface area contributed by atoms with Crippen molar-refractivity contribution < 1.29 is 9.50 Å². The minimum absolute atomic E-state index is 0.282. The van der Waals surface area contributed by atoms with Crippen LogP contribution in [0, 0.1) is 5.82 Å². The third kappa shape index (κ3) is 2.27. The molecule has 0 spiro atoms. The van der Waals surface area contributed by atoms with Gasteiger partial charge in [-0.25, -0.2) is 4.39 Å². The van der Waals surface area contributed by atoms with E-state index in [-0.39, 0.29) is 5.82 Å². The molecule has 1 rings (SSSR count). The summed E-state index contributed by atoms with van der Waals surface area (Å²) in [4.78, 5) is 0. The first-order valence-corrected chi connectivity index (χ1v) is 4.35. The van der Waals surface area contributed by atoms with Gasteiger partial charge in [-0.2, -0.15) is 0 Å². The zero-order chi connectivity index (χ0) is 8.27. The summed E-state index contributed by atoms with van der Waals surface area (Å²) in [6.07, 6.45) is -0.546. The molecular weight excluding hydrogens is 211 g/mol. The summed E-state index contributed by atoms with van der Waals surface area (Å²) in [7, 11) is 0. The van der Waals surface area contributed by atoms with Crippen LogP contribution in [0.25, 0.3) is 0 Å². The highest BCUT2D eigenvalue weighted by Crippen LogP contribution is 2.14. The predicted octanol–water partition coefficient (Wildman–Crippen LogP) is 2.25. The SMILES string of the molecule is OC(CBr)c1ccc(F)cc1. The van der Waals surface area contributed by atoms with Gasteiger partial charge in [0.1, 0.15) is 5.82 Å². The van der Waals surface area contributed by atoms with E-state index in [1.54, 1.807) is 12.1 Å². The Balaban J connectivity index is 2.81. The first kappa shape index (κ1) is 8.68. The van der Waals surface area contributed by atoms with E-state index < -0.39 is 6.10 Å². The molecule has 0 aromatic heterocycles. The van der Waals surface area contributed by atoms with Crippen LogP contribution in [0.2, 0.25) is 0 Å². The largest absolute Gasteiger partial charge is 0.388 e. The Morgan fingerprint density at radius 3 is 2.36 bits per heavy atom. The Morgan fingerprint density at radius 2 is 1.91 bits per heavy atom. The van der Waals surface area contributed by atoms with Gasteiger partial charge >= 0.3 is 0 Å². The number of rotatable bonds is 2. The maximum Gasteiger partial charge on any atom is 0.123 e. The van der Waals surface area contributed by atoms with E-state index in [9.17, 15) is 9.50 Å². The molecule has 0 bridgehead atoms. The standard InChI is InChI=1S/C8H8BrFO/c9-5-8(11)6-1-3-7(10)4-2-6/h1-4,8,11H,5H2. The monoisotopic (exact) mass is 218 g/mol. The van der Waals surface area contributed by atoms with E-state index in [0.29, 0.717) is 5.33 Å². The number of aliphatic hydroxyl groups excluding tert-OH is 1. The predicted molar refractivity (Wildman–Crippen MR) is 45.2 cm³/mol. The number of benzene rings is 1. The topological polar surface area (TPSA) is 20.2 Å². The van der Waals surface area contributed by atoms with E-state index in [4.69, 9.17) is 0 Å². The molecule has 11 heavy (non-hydrogen) atoms. The van der Waals surface area contributed by atoms with Crippen LogP contribution < -0.4 is 0 Å². The molecule has 0 saturated heterocycles. The Morgan fingerprint density at radius 1 is 1.36 bits per heavy atom. The number of hydrogen-bond donors (Lipinski definition) is 1. The number of aliphatic hydroxyl groups is 1. The minimum atomic E-state index is -0.546. The van der Waals surface area contributed by atoms with Crippen LogP contribution in [-0.2, 0) is 0 Å². The van der Waals surface area contributed by atoms with Gasteiger partial charge in [0.05, 0.1) is 6.10 Å². The number of halogens is 2. The van der Waals surface area contributed by atoms with Crippen molar-refractivity contribution in [3.05, 3.63) is 35.6 Å². The molecule has 1 N–H and O–H groups in total.